The molecule has 2 heteroatoms. The molecule has 2 aromatic heterocycles. The molecule has 0 amide bonds. The summed E-state index contributed by atoms with van der Waals surface area (Å²) in [6.45, 7) is 0. The minimum Gasteiger partial charge on any atom is -0.304 e. The Morgan fingerprint density at radius 1 is 1.00 bits per heavy atom. The van der Waals surface area contributed by atoms with Gasteiger partial charge in [-0.2, -0.15) is 0 Å². The molecule has 0 radical (unpaired) electrons. The first-order chi connectivity index (χ1) is 9.42. The standard InChI is InChI=1S/C17H16N2/c1-2-6-13(7-3-1)14-9-10-15-16(12-14)19-11-5-4-8-17(19)18-15/h1-8,11,14H,9-10,12H2. The van der Waals surface area contributed by atoms with E-state index in [9.17, 15) is 0 Å². The van der Waals surface area contributed by atoms with E-state index < -0.39 is 0 Å². The summed E-state index contributed by atoms with van der Waals surface area (Å²) in [5.74, 6) is 0.633. The van der Waals surface area contributed by atoms with Crippen molar-refractivity contribution in [1.82, 2.24) is 9.38 Å². The number of nitrogens with zero attached hydrogens (tertiary/aromatic N) is 2. The van der Waals surface area contributed by atoms with E-state index in [2.05, 4.69) is 59.1 Å². The van der Waals surface area contributed by atoms with Gasteiger partial charge in [0, 0.05) is 11.9 Å². The predicted molar refractivity (Wildman–Crippen MR) is 76.4 cm³/mol. The van der Waals surface area contributed by atoms with Crippen LogP contribution in [0.5, 0.6) is 0 Å². The fourth-order valence-electron chi connectivity index (χ4n) is 3.17. The lowest BCUT2D eigenvalue weighted by atomic mass is 9.84. The Morgan fingerprint density at radius 2 is 1.84 bits per heavy atom. The summed E-state index contributed by atoms with van der Waals surface area (Å²) < 4.78 is 2.25. The number of hydrogen-bond acceptors (Lipinski definition) is 1. The number of benzene rings is 1. The van der Waals surface area contributed by atoms with Crippen LogP contribution in [0.4, 0.5) is 0 Å². The van der Waals surface area contributed by atoms with Crippen molar-refractivity contribution in [2.45, 2.75) is 25.2 Å². The lowest BCUT2D eigenvalue weighted by Gasteiger charge is -2.22. The number of hydrogen-bond donors (Lipinski definition) is 0. The number of pyridine rings is 1. The van der Waals surface area contributed by atoms with Crippen LogP contribution >= 0.6 is 0 Å². The van der Waals surface area contributed by atoms with Crippen LogP contribution in [0.2, 0.25) is 0 Å². The van der Waals surface area contributed by atoms with Crippen LogP contribution in [0, 0.1) is 0 Å². The first-order valence-electron chi connectivity index (χ1n) is 6.91. The zero-order valence-electron chi connectivity index (χ0n) is 10.8. The van der Waals surface area contributed by atoms with Crippen LogP contribution in [0.1, 0.15) is 29.3 Å². The highest BCUT2D eigenvalue weighted by Crippen LogP contribution is 2.32. The SMILES string of the molecule is c1ccc(C2CCc3nc4ccccn4c3C2)cc1. The van der Waals surface area contributed by atoms with Crippen molar-refractivity contribution in [3.63, 3.8) is 0 Å². The highest BCUT2D eigenvalue weighted by Gasteiger charge is 2.23. The Bertz CT molecular complexity index is 712. The fourth-order valence-corrected chi connectivity index (χ4v) is 3.17. The Morgan fingerprint density at radius 3 is 2.74 bits per heavy atom. The van der Waals surface area contributed by atoms with Gasteiger partial charge in [-0.1, -0.05) is 36.4 Å². The Hall–Kier alpha value is -2.09. The molecule has 0 saturated carbocycles. The third kappa shape index (κ3) is 1.75. The van der Waals surface area contributed by atoms with E-state index in [-0.39, 0.29) is 0 Å². The smallest absolute Gasteiger partial charge is 0.137 e. The summed E-state index contributed by atoms with van der Waals surface area (Å²) in [6, 6.07) is 17.1. The first-order valence-corrected chi connectivity index (χ1v) is 6.91. The lowest BCUT2D eigenvalue weighted by molar-refractivity contribution is 0.568. The third-order valence-electron chi connectivity index (χ3n) is 4.15. The maximum absolute atomic E-state index is 4.74. The van der Waals surface area contributed by atoms with E-state index in [1.807, 2.05) is 0 Å². The first kappa shape index (κ1) is 10.8. The summed E-state index contributed by atoms with van der Waals surface area (Å²) in [7, 11) is 0. The van der Waals surface area contributed by atoms with E-state index in [1.165, 1.54) is 23.4 Å². The molecule has 0 saturated heterocycles. The topological polar surface area (TPSA) is 17.3 Å². The average molecular weight is 248 g/mol. The molecule has 0 fully saturated rings. The van der Waals surface area contributed by atoms with Gasteiger partial charge in [0.1, 0.15) is 5.65 Å². The fraction of sp³-hybridized carbons (Fsp3) is 0.235. The minimum absolute atomic E-state index is 0.633. The molecule has 19 heavy (non-hydrogen) atoms. The van der Waals surface area contributed by atoms with Gasteiger partial charge in [0.25, 0.3) is 0 Å². The average Bonchev–Trinajstić information content (AvgIpc) is 2.86. The summed E-state index contributed by atoms with van der Waals surface area (Å²) in [6.07, 6.45) is 5.54. The summed E-state index contributed by atoms with van der Waals surface area (Å²) in [5.41, 5.74) is 5.23. The summed E-state index contributed by atoms with van der Waals surface area (Å²) in [4.78, 5) is 4.74. The van der Waals surface area contributed by atoms with E-state index in [0.29, 0.717) is 5.92 Å². The molecular weight excluding hydrogens is 232 g/mol. The van der Waals surface area contributed by atoms with Crippen molar-refractivity contribution in [1.29, 1.82) is 0 Å². The van der Waals surface area contributed by atoms with Crippen LogP contribution < -0.4 is 0 Å². The number of aromatic nitrogens is 2. The molecular formula is C17H16N2. The van der Waals surface area contributed by atoms with Crippen molar-refractivity contribution in [2.75, 3.05) is 0 Å². The van der Waals surface area contributed by atoms with Crippen molar-refractivity contribution >= 4 is 5.65 Å². The van der Waals surface area contributed by atoms with Crippen LogP contribution in [0.3, 0.4) is 0 Å². The zero-order valence-corrected chi connectivity index (χ0v) is 10.8. The predicted octanol–water partition coefficient (Wildman–Crippen LogP) is 3.61. The molecule has 1 aromatic carbocycles. The van der Waals surface area contributed by atoms with E-state index in [4.69, 9.17) is 4.98 Å². The molecule has 0 N–H and O–H groups in total. The molecule has 1 aliphatic rings. The van der Waals surface area contributed by atoms with Crippen LogP contribution in [-0.4, -0.2) is 9.38 Å². The molecule has 2 nitrogen and oxygen atoms in total. The number of imidazole rings is 1. The largest absolute Gasteiger partial charge is 0.304 e. The third-order valence-corrected chi connectivity index (χ3v) is 4.15. The van der Waals surface area contributed by atoms with Gasteiger partial charge >= 0.3 is 0 Å². The second-order valence-electron chi connectivity index (χ2n) is 5.28. The minimum atomic E-state index is 0.633. The van der Waals surface area contributed by atoms with Gasteiger partial charge in [0.05, 0.1) is 5.69 Å². The van der Waals surface area contributed by atoms with E-state index in [0.717, 1.165) is 18.5 Å². The highest BCUT2D eigenvalue weighted by atomic mass is 15.0. The van der Waals surface area contributed by atoms with Gasteiger partial charge in [-0.05, 0) is 42.9 Å². The second-order valence-corrected chi connectivity index (χ2v) is 5.28. The zero-order chi connectivity index (χ0) is 12.7. The van der Waals surface area contributed by atoms with Crippen molar-refractivity contribution in [3.8, 4) is 0 Å². The monoisotopic (exact) mass is 248 g/mol. The van der Waals surface area contributed by atoms with Gasteiger partial charge in [0.15, 0.2) is 0 Å². The lowest BCUT2D eigenvalue weighted by Crippen LogP contribution is -2.13. The second kappa shape index (κ2) is 4.23. The van der Waals surface area contributed by atoms with Crippen molar-refractivity contribution in [3.05, 3.63) is 71.7 Å². The Kier molecular flexibility index (Phi) is 2.41. The number of rotatable bonds is 1. The maximum atomic E-state index is 4.74. The quantitative estimate of drug-likeness (QED) is 0.643. The summed E-state index contributed by atoms with van der Waals surface area (Å²) in [5, 5.41) is 0. The Labute approximate surface area is 112 Å². The highest BCUT2D eigenvalue weighted by molar-refractivity contribution is 5.44. The molecule has 4 rings (SSSR count). The molecule has 1 aliphatic carbocycles. The van der Waals surface area contributed by atoms with Gasteiger partial charge in [0.2, 0.25) is 0 Å². The molecule has 94 valence electrons. The molecule has 0 aliphatic heterocycles. The molecule has 1 unspecified atom stereocenters. The van der Waals surface area contributed by atoms with Crippen molar-refractivity contribution < 1.29 is 0 Å². The normalized spacial score (nSPS) is 18.4. The number of fused-ring (bicyclic) bond motifs is 3. The van der Waals surface area contributed by atoms with Crippen LogP contribution in [0.25, 0.3) is 5.65 Å². The van der Waals surface area contributed by atoms with Crippen LogP contribution in [0.15, 0.2) is 54.7 Å². The van der Waals surface area contributed by atoms with Crippen molar-refractivity contribution in [2.24, 2.45) is 0 Å². The molecule has 0 bridgehead atoms. The van der Waals surface area contributed by atoms with Gasteiger partial charge in [-0.25, -0.2) is 4.98 Å². The molecule has 0 spiro atoms. The van der Waals surface area contributed by atoms with E-state index in [1.54, 1.807) is 0 Å². The van der Waals surface area contributed by atoms with Gasteiger partial charge in [-0.15, -0.1) is 0 Å². The van der Waals surface area contributed by atoms with E-state index >= 15 is 0 Å². The molecule has 2 heterocycles. The molecule has 1 atom stereocenters. The number of aryl methyl sites for hydroxylation is 1. The maximum Gasteiger partial charge on any atom is 0.137 e. The van der Waals surface area contributed by atoms with Gasteiger partial charge < -0.3 is 4.40 Å². The summed E-state index contributed by atoms with van der Waals surface area (Å²) >= 11 is 0. The van der Waals surface area contributed by atoms with Gasteiger partial charge in [-0.3, -0.25) is 0 Å². The van der Waals surface area contributed by atoms with Crippen LogP contribution in [-0.2, 0) is 12.8 Å². The Balaban J connectivity index is 1.77. The molecule has 3 aromatic rings.